The molecule has 36 heteroatoms. The van der Waals surface area contributed by atoms with Gasteiger partial charge in [0.15, 0.2) is 18.9 Å². The number of aromatic nitrogens is 9. The molecule has 7 heterocycles. The standard InChI is InChI=1S/C72H92F3N13O20/c1-35-58(92)63(97)64(98)72(102-35)108-65-50(87-31-47(80-83-87)39-13-7-16-44(74)24-39)27-42(29-52(65)105-70-56(78-36(2)91)66(61(95)55(34-90)106-70)103-53(69(101)85-20-9-21-85)22-37-10-4-3-5-11-37)68(100)77-19-18-76-67(99)41-26-49(86-30-46(79-82-86)38-12-6-15-43(73)23-38)59(93)51(28-41)104-71-62(96)57(60(94)54(33-89)107-71)88-32-48(81-84-88)40-14-8-17-45(75)25-40/h6-8,12-17,23-25,30-32,35,37,41-42,49-66,70-72,89-90,92-98H,3-5,9-11,18-22,26-29,33-34H2,1-2H3,(H,76,99)(H,77,100)(H,78,91)/t35?,41?,42?,49?,50?,51-,52-,53+,54?,55?,56?,57?,58-,59?,60+,61+,62?,63?,64?,65?,66?,70-,71-,72+/m1/s1. The highest BCUT2D eigenvalue weighted by atomic mass is 19.1. The number of likely N-dealkylation sites (tertiary alicyclic amines) is 1. The third-order valence-electron chi connectivity index (χ3n) is 21.8. The molecule has 7 aliphatic rings. The number of amides is 4. The number of nitrogens with one attached hydrogen (secondary N) is 3. The zero-order chi connectivity index (χ0) is 76.2. The van der Waals surface area contributed by atoms with Crippen molar-refractivity contribution in [1.82, 2.24) is 65.8 Å². The second-order valence-corrected chi connectivity index (χ2v) is 29.1. The number of benzene rings is 3. The zero-order valence-corrected chi connectivity index (χ0v) is 59.2. The third-order valence-corrected chi connectivity index (χ3v) is 21.8. The minimum absolute atomic E-state index is 0.0959. The first-order valence-electron chi connectivity index (χ1n) is 36.7. The van der Waals surface area contributed by atoms with Crippen LogP contribution in [0, 0.1) is 35.2 Å². The first kappa shape index (κ1) is 78.2. The minimum Gasteiger partial charge on any atom is -0.394 e. The van der Waals surface area contributed by atoms with Crippen LogP contribution in [0.25, 0.3) is 33.8 Å². The summed E-state index contributed by atoms with van der Waals surface area (Å²) in [5.74, 6) is -5.96. The molecule has 3 aliphatic carbocycles. The van der Waals surface area contributed by atoms with Gasteiger partial charge in [-0.1, -0.05) is 84.1 Å². The first-order valence-corrected chi connectivity index (χ1v) is 36.7. The summed E-state index contributed by atoms with van der Waals surface area (Å²) in [5.41, 5.74) is 1.53. The molecule has 4 aliphatic heterocycles. The number of halogens is 3. The number of rotatable bonds is 25. The molecule has 4 saturated heterocycles. The molecule has 586 valence electrons. The van der Waals surface area contributed by atoms with Crippen LogP contribution in [0.3, 0.4) is 0 Å². The fourth-order valence-corrected chi connectivity index (χ4v) is 15.8. The summed E-state index contributed by atoms with van der Waals surface area (Å²) >= 11 is 0. The highest BCUT2D eigenvalue weighted by Gasteiger charge is 2.55. The van der Waals surface area contributed by atoms with E-state index in [1.807, 2.05) is 0 Å². The van der Waals surface area contributed by atoms with Crippen LogP contribution in [0.5, 0.6) is 0 Å². The fraction of sp³-hybridized carbons (Fsp3) is 0.611. The van der Waals surface area contributed by atoms with E-state index >= 15 is 4.79 Å². The van der Waals surface area contributed by atoms with Gasteiger partial charge in [-0.2, -0.15) is 0 Å². The molecule has 4 amide bonds. The van der Waals surface area contributed by atoms with Crippen LogP contribution in [0.15, 0.2) is 91.4 Å². The van der Waals surface area contributed by atoms with Gasteiger partial charge in [-0.25, -0.2) is 27.2 Å². The molecular formula is C72H92F3N13O20. The number of hydrogen-bond donors (Lipinski definition) is 12. The Kier molecular flexibility index (Phi) is 25.0. The van der Waals surface area contributed by atoms with Crippen molar-refractivity contribution in [2.45, 2.75) is 219 Å². The first-order chi connectivity index (χ1) is 52.0. The topological polar surface area (TPSA) is 446 Å². The summed E-state index contributed by atoms with van der Waals surface area (Å²) in [5, 5.41) is 137. The van der Waals surface area contributed by atoms with Crippen molar-refractivity contribution in [3.8, 4) is 33.8 Å². The smallest absolute Gasteiger partial charge is 0.251 e. The Hall–Kier alpha value is -7.89. The molecular weight excluding hydrogens is 1420 g/mol. The van der Waals surface area contributed by atoms with Crippen LogP contribution in [0.4, 0.5) is 13.2 Å². The number of carbonyl (C=O) groups excluding carboxylic acids is 4. The van der Waals surface area contributed by atoms with Gasteiger partial charge < -0.3 is 100.0 Å². The number of nitrogens with zero attached hydrogens (tertiary/aromatic N) is 10. The molecule has 15 unspecified atom stereocenters. The Morgan fingerprint density at radius 3 is 1.61 bits per heavy atom. The molecule has 24 atom stereocenters. The monoisotopic (exact) mass is 1520 g/mol. The van der Waals surface area contributed by atoms with Crippen LogP contribution in [-0.2, 0) is 52.3 Å². The second-order valence-electron chi connectivity index (χ2n) is 29.1. The molecule has 6 aromatic rings. The van der Waals surface area contributed by atoms with Gasteiger partial charge in [-0.3, -0.25) is 19.2 Å². The number of hydrogen-bond acceptors (Lipinski definition) is 26. The summed E-state index contributed by atoms with van der Waals surface area (Å²) in [7, 11) is 0. The largest absolute Gasteiger partial charge is 0.394 e. The van der Waals surface area contributed by atoms with Crippen LogP contribution in [0.2, 0.25) is 0 Å². The number of ether oxygens (including phenoxy) is 7. The van der Waals surface area contributed by atoms with Crippen molar-refractivity contribution < 1.29 is 111 Å². The van der Waals surface area contributed by atoms with Crippen molar-refractivity contribution >= 4 is 23.6 Å². The van der Waals surface area contributed by atoms with Crippen molar-refractivity contribution in [2.24, 2.45) is 17.8 Å². The lowest BCUT2D eigenvalue weighted by Crippen LogP contribution is -2.67. The van der Waals surface area contributed by atoms with Crippen molar-refractivity contribution in [3.63, 3.8) is 0 Å². The van der Waals surface area contributed by atoms with Gasteiger partial charge in [0.05, 0.1) is 62.2 Å². The molecule has 33 nitrogen and oxygen atoms in total. The molecule has 0 radical (unpaired) electrons. The van der Waals surface area contributed by atoms with E-state index in [-0.39, 0.29) is 67.7 Å². The summed E-state index contributed by atoms with van der Waals surface area (Å²) < 4.78 is 92.5. The average Bonchev–Trinajstić information content (AvgIpc) is 1.35. The van der Waals surface area contributed by atoms with E-state index in [4.69, 9.17) is 33.2 Å². The van der Waals surface area contributed by atoms with E-state index in [1.165, 1.54) is 96.4 Å². The van der Waals surface area contributed by atoms with Gasteiger partial charge in [0, 0.05) is 61.6 Å². The van der Waals surface area contributed by atoms with Gasteiger partial charge in [0.25, 0.3) is 5.91 Å². The Labute approximate surface area is 617 Å². The Balaban J connectivity index is 0.770. The van der Waals surface area contributed by atoms with E-state index in [1.54, 1.807) is 23.1 Å². The van der Waals surface area contributed by atoms with E-state index in [2.05, 4.69) is 46.9 Å². The lowest BCUT2D eigenvalue weighted by Gasteiger charge is -2.49. The lowest BCUT2D eigenvalue weighted by atomic mass is 9.80. The van der Waals surface area contributed by atoms with Crippen molar-refractivity contribution in [1.29, 1.82) is 0 Å². The summed E-state index contributed by atoms with van der Waals surface area (Å²) in [6.45, 7) is 1.56. The molecule has 3 saturated carbocycles. The highest BCUT2D eigenvalue weighted by molar-refractivity contribution is 5.82. The van der Waals surface area contributed by atoms with Crippen LogP contribution >= 0.6 is 0 Å². The highest BCUT2D eigenvalue weighted by Crippen LogP contribution is 2.44. The molecule has 12 N–H and O–H groups in total. The molecule has 108 heavy (non-hydrogen) atoms. The van der Waals surface area contributed by atoms with Crippen LogP contribution < -0.4 is 16.0 Å². The maximum atomic E-state index is 15.1. The minimum atomic E-state index is -1.90. The number of aliphatic hydroxyl groups excluding tert-OH is 9. The fourth-order valence-electron chi connectivity index (χ4n) is 15.8. The molecule has 0 spiro atoms. The van der Waals surface area contributed by atoms with E-state index in [0.717, 1.165) is 43.2 Å². The van der Waals surface area contributed by atoms with Gasteiger partial charge in [-0.15, -0.1) is 15.3 Å². The van der Waals surface area contributed by atoms with Gasteiger partial charge in [0.1, 0.15) is 120 Å². The van der Waals surface area contributed by atoms with Gasteiger partial charge in [0.2, 0.25) is 17.7 Å². The van der Waals surface area contributed by atoms with E-state index < -0.39 is 195 Å². The van der Waals surface area contributed by atoms with E-state index in [9.17, 15) is 73.5 Å². The van der Waals surface area contributed by atoms with Crippen molar-refractivity contribution in [2.75, 3.05) is 39.4 Å². The lowest BCUT2D eigenvalue weighted by molar-refractivity contribution is -0.337. The van der Waals surface area contributed by atoms with Crippen molar-refractivity contribution in [3.05, 3.63) is 109 Å². The maximum Gasteiger partial charge on any atom is 0.251 e. The summed E-state index contributed by atoms with van der Waals surface area (Å²) in [4.78, 5) is 59.3. The third kappa shape index (κ3) is 17.5. The molecule has 0 bridgehead atoms. The zero-order valence-electron chi connectivity index (χ0n) is 59.2. The molecule has 13 rings (SSSR count). The molecule has 7 fully saturated rings. The predicted octanol–water partition coefficient (Wildman–Crippen LogP) is 0.278. The number of aliphatic hydroxyl groups is 9. The van der Waals surface area contributed by atoms with Gasteiger partial charge >= 0.3 is 0 Å². The average molecular weight is 1520 g/mol. The van der Waals surface area contributed by atoms with Crippen LogP contribution in [-0.4, -0.2) is 275 Å². The maximum absolute atomic E-state index is 15.1. The predicted molar refractivity (Wildman–Crippen MR) is 366 cm³/mol. The van der Waals surface area contributed by atoms with Gasteiger partial charge in [-0.05, 0) is 87.8 Å². The summed E-state index contributed by atoms with van der Waals surface area (Å²) in [6, 6.07) is 11.4. The Bertz CT molecular complexity index is 4040. The SMILES string of the molecule is CC(=O)NC1C(O[C@@H](CC2CCCCC2)C(=O)N2CCC2)[C@@H](O)C(CO)O[C@H]1O[C@@H]1CC(C(=O)NCCNC(=O)C2CC(n3cc(-c4cccc(F)c4)nn3)C(O)[C@H](O[C@@H]3OC(CO)[C@H](O)C(n4cc(-c5cccc(F)c5)nn4)C3O)C2)CC(n2cc(-c3cccc(F)c3)nn2)C1O[C@@H]1OC(C)[C@@H](O)C(O)C1O. The normalized spacial score (nSPS) is 33.6. The summed E-state index contributed by atoms with van der Waals surface area (Å²) in [6.07, 6.45) is -18.7. The quantitative estimate of drug-likeness (QED) is 0.0342. The number of carbonyl (C=O) groups is 4. The molecule has 3 aromatic heterocycles. The Morgan fingerprint density at radius 1 is 0.556 bits per heavy atom. The molecule has 3 aromatic carbocycles. The van der Waals surface area contributed by atoms with E-state index in [0.29, 0.717) is 36.2 Å². The Morgan fingerprint density at radius 2 is 1.06 bits per heavy atom. The van der Waals surface area contributed by atoms with Crippen LogP contribution in [0.1, 0.15) is 103 Å². The second kappa shape index (κ2) is 34.6.